The van der Waals surface area contributed by atoms with Gasteiger partial charge in [0.25, 0.3) is 5.91 Å². The van der Waals surface area contributed by atoms with Gasteiger partial charge >= 0.3 is 0 Å². The molecule has 5 heteroatoms. The van der Waals surface area contributed by atoms with Crippen molar-refractivity contribution >= 4 is 5.91 Å². The first-order valence-electron chi connectivity index (χ1n) is 7.35. The van der Waals surface area contributed by atoms with Crippen LogP contribution in [0.5, 0.6) is 11.5 Å². The van der Waals surface area contributed by atoms with E-state index in [1.54, 1.807) is 20.3 Å². The van der Waals surface area contributed by atoms with E-state index >= 15 is 0 Å². The van der Waals surface area contributed by atoms with Crippen molar-refractivity contribution in [3.63, 3.8) is 0 Å². The van der Waals surface area contributed by atoms with Crippen LogP contribution in [0.3, 0.4) is 0 Å². The third kappa shape index (κ3) is 3.29. The molecule has 2 rings (SSSR count). The molecule has 0 saturated carbocycles. The highest BCUT2D eigenvalue weighted by Crippen LogP contribution is 2.29. The Bertz CT molecular complexity index is 508. The number of amides is 1. The molecule has 0 aliphatic carbocycles. The fourth-order valence-electron chi connectivity index (χ4n) is 2.66. The SMILES string of the molecule is CCN1CCN(C(=O)c2cc(OC)c(C)cc2OC)CC1. The maximum absolute atomic E-state index is 12.7. The summed E-state index contributed by atoms with van der Waals surface area (Å²) in [7, 11) is 3.20. The molecular weight excluding hydrogens is 268 g/mol. The Kier molecular flexibility index (Phi) is 5.07. The van der Waals surface area contributed by atoms with Crippen LogP contribution in [0.15, 0.2) is 12.1 Å². The van der Waals surface area contributed by atoms with Crippen LogP contribution in [0.25, 0.3) is 0 Å². The number of carbonyl (C=O) groups is 1. The minimum absolute atomic E-state index is 0.0147. The van der Waals surface area contributed by atoms with E-state index in [1.165, 1.54) is 0 Å². The zero-order chi connectivity index (χ0) is 15.4. The number of piperazine rings is 1. The summed E-state index contributed by atoms with van der Waals surface area (Å²) in [5, 5.41) is 0. The fourth-order valence-corrected chi connectivity index (χ4v) is 2.66. The maximum Gasteiger partial charge on any atom is 0.257 e. The molecule has 0 radical (unpaired) electrons. The Labute approximate surface area is 126 Å². The largest absolute Gasteiger partial charge is 0.496 e. The molecule has 0 N–H and O–H groups in total. The van der Waals surface area contributed by atoms with Crippen LogP contribution in [0, 0.1) is 6.92 Å². The molecule has 1 fully saturated rings. The van der Waals surface area contributed by atoms with E-state index in [0.717, 1.165) is 38.3 Å². The Hall–Kier alpha value is -1.75. The second-order valence-corrected chi connectivity index (χ2v) is 5.25. The van der Waals surface area contributed by atoms with Gasteiger partial charge in [-0.15, -0.1) is 0 Å². The number of hydrogen-bond acceptors (Lipinski definition) is 4. The van der Waals surface area contributed by atoms with E-state index in [2.05, 4.69) is 11.8 Å². The van der Waals surface area contributed by atoms with Gasteiger partial charge in [0, 0.05) is 26.2 Å². The van der Waals surface area contributed by atoms with Gasteiger partial charge in [-0.25, -0.2) is 0 Å². The van der Waals surface area contributed by atoms with Crippen LogP contribution in [0.4, 0.5) is 0 Å². The Balaban J connectivity index is 2.22. The molecule has 1 heterocycles. The van der Waals surface area contributed by atoms with Crippen molar-refractivity contribution < 1.29 is 14.3 Å². The highest BCUT2D eigenvalue weighted by atomic mass is 16.5. The van der Waals surface area contributed by atoms with E-state index in [1.807, 2.05) is 17.9 Å². The highest BCUT2D eigenvalue weighted by Gasteiger charge is 2.24. The first-order valence-corrected chi connectivity index (χ1v) is 7.35. The number of benzene rings is 1. The molecule has 1 aliphatic heterocycles. The number of hydrogen-bond donors (Lipinski definition) is 0. The van der Waals surface area contributed by atoms with Crippen molar-refractivity contribution in [3.05, 3.63) is 23.3 Å². The molecule has 1 aromatic carbocycles. The molecule has 116 valence electrons. The quantitative estimate of drug-likeness (QED) is 0.848. The monoisotopic (exact) mass is 292 g/mol. The molecule has 0 atom stereocenters. The van der Waals surface area contributed by atoms with Crippen LogP contribution in [-0.4, -0.2) is 62.7 Å². The summed E-state index contributed by atoms with van der Waals surface area (Å²) in [6.45, 7) is 8.48. The van der Waals surface area contributed by atoms with Crippen LogP contribution in [0.1, 0.15) is 22.8 Å². The van der Waals surface area contributed by atoms with Gasteiger partial charge in [-0.1, -0.05) is 6.92 Å². The highest BCUT2D eigenvalue weighted by molar-refractivity contribution is 5.97. The third-order valence-electron chi connectivity index (χ3n) is 4.05. The number of rotatable bonds is 4. The molecule has 1 saturated heterocycles. The maximum atomic E-state index is 12.7. The number of aryl methyl sites for hydroxylation is 1. The molecule has 5 nitrogen and oxygen atoms in total. The summed E-state index contributed by atoms with van der Waals surface area (Å²) >= 11 is 0. The number of methoxy groups -OCH3 is 2. The van der Waals surface area contributed by atoms with Gasteiger partial charge in [0.05, 0.1) is 19.8 Å². The predicted octanol–water partition coefficient (Wildman–Crippen LogP) is 1.79. The van der Waals surface area contributed by atoms with Gasteiger partial charge in [0.15, 0.2) is 0 Å². The number of nitrogens with zero attached hydrogens (tertiary/aromatic N) is 2. The minimum atomic E-state index is 0.0147. The van der Waals surface area contributed by atoms with E-state index < -0.39 is 0 Å². The predicted molar refractivity (Wildman–Crippen MR) is 82.3 cm³/mol. The molecular formula is C16H24N2O3. The third-order valence-corrected chi connectivity index (χ3v) is 4.05. The van der Waals surface area contributed by atoms with Gasteiger partial charge in [0.2, 0.25) is 0 Å². The van der Waals surface area contributed by atoms with Gasteiger partial charge in [-0.2, -0.15) is 0 Å². The lowest BCUT2D eigenvalue weighted by Crippen LogP contribution is -2.48. The van der Waals surface area contributed by atoms with E-state index in [0.29, 0.717) is 17.1 Å². The summed E-state index contributed by atoms with van der Waals surface area (Å²) in [5.74, 6) is 1.34. The standard InChI is InChI=1S/C16H24N2O3/c1-5-17-6-8-18(9-7-17)16(19)13-11-14(20-3)12(2)10-15(13)21-4/h10-11H,5-9H2,1-4H3. The van der Waals surface area contributed by atoms with Crippen molar-refractivity contribution in [3.8, 4) is 11.5 Å². The van der Waals surface area contributed by atoms with Crippen molar-refractivity contribution in [1.29, 1.82) is 0 Å². The molecule has 21 heavy (non-hydrogen) atoms. The van der Waals surface area contributed by atoms with Crippen molar-refractivity contribution in [1.82, 2.24) is 9.80 Å². The molecule has 1 amide bonds. The number of carbonyl (C=O) groups excluding carboxylic acids is 1. The van der Waals surface area contributed by atoms with Crippen molar-refractivity contribution in [2.75, 3.05) is 46.9 Å². The topological polar surface area (TPSA) is 42.0 Å². The lowest BCUT2D eigenvalue weighted by Gasteiger charge is -2.34. The molecule has 0 unspecified atom stereocenters. The molecule has 1 aliphatic rings. The Morgan fingerprint density at radius 1 is 1.10 bits per heavy atom. The van der Waals surface area contributed by atoms with Crippen molar-refractivity contribution in [2.45, 2.75) is 13.8 Å². The van der Waals surface area contributed by atoms with E-state index in [-0.39, 0.29) is 5.91 Å². The summed E-state index contributed by atoms with van der Waals surface area (Å²) in [5.41, 5.74) is 1.53. The summed E-state index contributed by atoms with van der Waals surface area (Å²) in [4.78, 5) is 17.0. The number of likely N-dealkylation sites (N-methyl/N-ethyl adjacent to an activating group) is 1. The average Bonchev–Trinajstić information content (AvgIpc) is 2.54. The van der Waals surface area contributed by atoms with Crippen LogP contribution >= 0.6 is 0 Å². The van der Waals surface area contributed by atoms with Crippen LogP contribution < -0.4 is 9.47 Å². The second kappa shape index (κ2) is 6.80. The molecule has 0 bridgehead atoms. The lowest BCUT2D eigenvalue weighted by atomic mass is 10.1. The summed E-state index contributed by atoms with van der Waals surface area (Å²) in [6, 6.07) is 3.64. The van der Waals surface area contributed by atoms with Gasteiger partial charge < -0.3 is 19.3 Å². The Morgan fingerprint density at radius 3 is 2.24 bits per heavy atom. The molecule has 0 aromatic heterocycles. The minimum Gasteiger partial charge on any atom is -0.496 e. The lowest BCUT2D eigenvalue weighted by molar-refractivity contribution is 0.0640. The first-order chi connectivity index (χ1) is 10.1. The molecule has 0 spiro atoms. The fraction of sp³-hybridized carbons (Fsp3) is 0.562. The zero-order valence-electron chi connectivity index (χ0n) is 13.3. The summed E-state index contributed by atoms with van der Waals surface area (Å²) < 4.78 is 10.7. The zero-order valence-corrected chi connectivity index (χ0v) is 13.3. The smallest absolute Gasteiger partial charge is 0.257 e. The van der Waals surface area contributed by atoms with E-state index in [4.69, 9.17) is 9.47 Å². The van der Waals surface area contributed by atoms with Gasteiger partial charge in [-0.3, -0.25) is 4.79 Å². The van der Waals surface area contributed by atoms with Crippen molar-refractivity contribution in [2.24, 2.45) is 0 Å². The Morgan fingerprint density at radius 2 is 1.71 bits per heavy atom. The summed E-state index contributed by atoms with van der Waals surface area (Å²) in [6.07, 6.45) is 0. The average molecular weight is 292 g/mol. The normalized spacial score (nSPS) is 15.9. The van der Waals surface area contributed by atoms with E-state index in [9.17, 15) is 4.79 Å². The van der Waals surface area contributed by atoms with Crippen LogP contribution in [0.2, 0.25) is 0 Å². The number of ether oxygens (including phenoxy) is 2. The first kappa shape index (κ1) is 15.6. The molecule has 1 aromatic rings. The van der Waals surface area contributed by atoms with Gasteiger partial charge in [-0.05, 0) is 31.2 Å². The second-order valence-electron chi connectivity index (χ2n) is 5.25. The van der Waals surface area contributed by atoms with Crippen LogP contribution in [-0.2, 0) is 0 Å². The van der Waals surface area contributed by atoms with Gasteiger partial charge in [0.1, 0.15) is 11.5 Å².